The van der Waals surface area contributed by atoms with Gasteiger partial charge in [0.2, 0.25) is 17.6 Å². The van der Waals surface area contributed by atoms with Gasteiger partial charge in [0.15, 0.2) is 0 Å². The van der Waals surface area contributed by atoms with Crippen LogP contribution in [-0.2, 0) is 19.2 Å². The molecule has 0 radical (unpaired) electrons. The summed E-state index contributed by atoms with van der Waals surface area (Å²) in [4.78, 5) is 52.3. The number of amides is 3. The van der Waals surface area contributed by atoms with E-state index in [0.29, 0.717) is 32.2 Å². The Morgan fingerprint density at radius 1 is 1.13 bits per heavy atom. The highest BCUT2D eigenvalue weighted by Crippen LogP contribution is 2.28. The lowest BCUT2D eigenvalue weighted by atomic mass is 9.83. The van der Waals surface area contributed by atoms with Crippen LogP contribution < -0.4 is 16.4 Å². The highest BCUT2D eigenvalue weighted by atomic mass is 16.2. The van der Waals surface area contributed by atoms with Crippen LogP contribution in [0.15, 0.2) is 12.7 Å². The Bertz CT molecular complexity index is 660. The Hall–Kier alpha value is -2.22. The average molecular weight is 435 g/mol. The maximum absolute atomic E-state index is 13.1. The number of ketones is 1. The molecule has 0 aromatic rings. The third kappa shape index (κ3) is 6.89. The van der Waals surface area contributed by atoms with Crippen molar-refractivity contribution in [1.29, 1.82) is 0 Å². The third-order valence-corrected chi connectivity index (χ3v) is 6.39. The Morgan fingerprint density at radius 2 is 1.84 bits per heavy atom. The molecular formula is C23H38N4O4. The van der Waals surface area contributed by atoms with Crippen molar-refractivity contribution in [3.05, 3.63) is 12.7 Å². The molecule has 0 bridgehead atoms. The average Bonchev–Trinajstić information content (AvgIpc) is 3.29. The molecule has 3 atom stereocenters. The SMILES string of the molecule is C=CCNC(=O)C(=O)C(CCCC)NC(=O)[C@@H]1CCCN1C(=O)[C@@H](N)C1CCCCC1. The van der Waals surface area contributed by atoms with E-state index in [-0.39, 0.29) is 24.3 Å². The lowest BCUT2D eigenvalue weighted by Gasteiger charge is -2.32. The van der Waals surface area contributed by atoms with Gasteiger partial charge in [-0.1, -0.05) is 45.1 Å². The molecule has 1 heterocycles. The summed E-state index contributed by atoms with van der Waals surface area (Å²) >= 11 is 0. The van der Waals surface area contributed by atoms with E-state index in [4.69, 9.17) is 5.73 Å². The van der Waals surface area contributed by atoms with Crippen LogP contribution in [0, 0.1) is 5.92 Å². The molecular weight excluding hydrogens is 396 g/mol. The van der Waals surface area contributed by atoms with Crippen LogP contribution in [-0.4, -0.2) is 59.6 Å². The van der Waals surface area contributed by atoms with Crippen molar-refractivity contribution in [1.82, 2.24) is 15.5 Å². The quantitative estimate of drug-likeness (QED) is 0.335. The summed E-state index contributed by atoms with van der Waals surface area (Å²) in [5.74, 6) is -1.80. The molecule has 2 fully saturated rings. The second-order valence-corrected chi connectivity index (χ2v) is 8.68. The molecule has 1 unspecified atom stereocenters. The monoisotopic (exact) mass is 434 g/mol. The Kier molecular flexibility index (Phi) is 10.2. The number of carbonyl (C=O) groups excluding carboxylic acids is 4. The molecule has 0 spiro atoms. The molecule has 1 aliphatic carbocycles. The molecule has 31 heavy (non-hydrogen) atoms. The van der Waals surface area contributed by atoms with Crippen molar-refractivity contribution in [2.45, 2.75) is 89.3 Å². The Morgan fingerprint density at radius 3 is 2.48 bits per heavy atom. The van der Waals surface area contributed by atoms with Gasteiger partial charge in [-0.2, -0.15) is 0 Å². The van der Waals surface area contributed by atoms with Crippen LogP contribution >= 0.6 is 0 Å². The first-order valence-corrected chi connectivity index (χ1v) is 11.7. The number of hydrogen-bond donors (Lipinski definition) is 3. The van der Waals surface area contributed by atoms with E-state index in [1.54, 1.807) is 4.90 Å². The molecule has 2 rings (SSSR count). The molecule has 2 aliphatic rings. The molecule has 1 aliphatic heterocycles. The fourth-order valence-electron chi connectivity index (χ4n) is 4.54. The van der Waals surface area contributed by atoms with E-state index in [1.807, 2.05) is 6.92 Å². The number of nitrogens with zero attached hydrogens (tertiary/aromatic N) is 1. The minimum Gasteiger partial charge on any atom is -0.346 e. The zero-order valence-electron chi connectivity index (χ0n) is 18.7. The number of unbranched alkanes of at least 4 members (excludes halogenated alkanes) is 1. The zero-order valence-corrected chi connectivity index (χ0v) is 18.7. The van der Waals surface area contributed by atoms with E-state index in [2.05, 4.69) is 17.2 Å². The van der Waals surface area contributed by atoms with Gasteiger partial charge < -0.3 is 21.3 Å². The van der Waals surface area contributed by atoms with Gasteiger partial charge >= 0.3 is 0 Å². The number of nitrogens with one attached hydrogen (secondary N) is 2. The fourth-order valence-corrected chi connectivity index (χ4v) is 4.54. The predicted octanol–water partition coefficient (Wildman–Crippen LogP) is 1.43. The largest absolute Gasteiger partial charge is 0.346 e. The normalized spacial score (nSPS) is 21.2. The van der Waals surface area contributed by atoms with E-state index >= 15 is 0 Å². The second-order valence-electron chi connectivity index (χ2n) is 8.68. The fraction of sp³-hybridized carbons (Fsp3) is 0.739. The van der Waals surface area contributed by atoms with Crippen molar-refractivity contribution in [3.63, 3.8) is 0 Å². The highest BCUT2D eigenvalue weighted by molar-refractivity contribution is 6.38. The van der Waals surface area contributed by atoms with Crippen LogP contribution in [0.2, 0.25) is 0 Å². The number of Topliss-reactive ketones (excluding diaryl/α,β-unsaturated/α-hetero) is 1. The summed E-state index contributed by atoms with van der Waals surface area (Å²) in [5, 5.41) is 5.22. The van der Waals surface area contributed by atoms with E-state index in [9.17, 15) is 19.2 Å². The molecule has 174 valence electrons. The van der Waals surface area contributed by atoms with Gasteiger partial charge in [-0.3, -0.25) is 19.2 Å². The van der Waals surface area contributed by atoms with Crippen molar-refractivity contribution in [3.8, 4) is 0 Å². The topological polar surface area (TPSA) is 122 Å². The van der Waals surface area contributed by atoms with Crippen LogP contribution in [0.5, 0.6) is 0 Å². The zero-order chi connectivity index (χ0) is 22.8. The van der Waals surface area contributed by atoms with Crippen molar-refractivity contribution in [2.24, 2.45) is 11.7 Å². The van der Waals surface area contributed by atoms with Crippen LogP contribution in [0.25, 0.3) is 0 Å². The van der Waals surface area contributed by atoms with Crippen molar-refractivity contribution < 1.29 is 19.2 Å². The van der Waals surface area contributed by atoms with Gasteiger partial charge in [0.25, 0.3) is 5.91 Å². The highest BCUT2D eigenvalue weighted by Gasteiger charge is 2.39. The number of carbonyl (C=O) groups is 4. The standard InChI is InChI=1S/C23H38N4O4/c1-3-5-12-17(20(28)22(30)25-14-4-2)26-21(29)18-13-9-15-27(18)23(31)19(24)16-10-7-6-8-11-16/h4,16-19H,2-3,5-15,24H2,1H3,(H,25,30)(H,26,29)/t17?,18-,19-/m0/s1. The molecule has 1 saturated carbocycles. The molecule has 8 heteroatoms. The summed E-state index contributed by atoms with van der Waals surface area (Å²) in [6, 6.07) is -2.13. The van der Waals surface area contributed by atoms with E-state index in [1.165, 1.54) is 12.5 Å². The molecule has 8 nitrogen and oxygen atoms in total. The van der Waals surface area contributed by atoms with Crippen LogP contribution in [0.4, 0.5) is 0 Å². The van der Waals surface area contributed by atoms with Gasteiger partial charge in [-0.05, 0) is 38.0 Å². The summed E-state index contributed by atoms with van der Waals surface area (Å²) in [5.41, 5.74) is 6.30. The Balaban J connectivity index is 2.03. The minimum atomic E-state index is -0.901. The third-order valence-electron chi connectivity index (χ3n) is 6.39. The number of likely N-dealkylation sites (tertiary alicyclic amines) is 1. The summed E-state index contributed by atoms with van der Waals surface area (Å²) in [6.45, 7) is 6.17. The first kappa shape index (κ1) is 25.0. The maximum atomic E-state index is 13.1. The summed E-state index contributed by atoms with van der Waals surface area (Å²) in [7, 11) is 0. The molecule has 4 N–H and O–H groups in total. The first-order chi connectivity index (χ1) is 14.9. The van der Waals surface area contributed by atoms with E-state index in [0.717, 1.165) is 32.1 Å². The minimum absolute atomic E-state index is 0.165. The van der Waals surface area contributed by atoms with Crippen molar-refractivity contribution in [2.75, 3.05) is 13.1 Å². The molecule has 0 aromatic heterocycles. The Labute approximate surface area is 185 Å². The number of rotatable bonds is 11. The number of hydrogen-bond acceptors (Lipinski definition) is 5. The lowest BCUT2D eigenvalue weighted by molar-refractivity contribution is -0.143. The van der Waals surface area contributed by atoms with Gasteiger partial charge in [0.05, 0.1) is 12.1 Å². The lowest BCUT2D eigenvalue weighted by Crippen LogP contribution is -2.56. The van der Waals surface area contributed by atoms with Crippen molar-refractivity contribution >= 4 is 23.5 Å². The van der Waals surface area contributed by atoms with Crippen LogP contribution in [0.1, 0.15) is 71.1 Å². The van der Waals surface area contributed by atoms with Gasteiger partial charge in [-0.15, -0.1) is 6.58 Å². The number of nitrogens with two attached hydrogens (primary N) is 1. The van der Waals surface area contributed by atoms with Crippen LogP contribution in [0.3, 0.4) is 0 Å². The van der Waals surface area contributed by atoms with Gasteiger partial charge in [-0.25, -0.2) is 0 Å². The smallest absolute Gasteiger partial charge is 0.289 e. The van der Waals surface area contributed by atoms with Gasteiger partial charge in [0.1, 0.15) is 6.04 Å². The summed E-state index contributed by atoms with van der Waals surface area (Å²) in [6.07, 6.45) is 9.91. The molecule has 3 amide bonds. The maximum Gasteiger partial charge on any atom is 0.289 e. The van der Waals surface area contributed by atoms with E-state index < -0.39 is 29.8 Å². The second kappa shape index (κ2) is 12.6. The predicted molar refractivity (Wildman–Crippen MR) is 119 cm³/mol. The van der Waals surface area contributed by atoms with Gasteiger partial charge in [0, 0.05) is 13.1 Å². The molecule has 0 aromatic carbocycles. The summed E-state index contributed by atoms with van der Waals surface area (Å²) < 4.78 is 0. The first-order valence-electron chi connectivity index (χ1n) is 11.7. The molecule has 1 saturated heterocycles.